The van der Waals surface area contributed by atoms with Crippen molar-refractivity contribution in [1.29, 1.82) is 0 Å². The highest BCUT2D eigenvalue weighted by molar-refractivity contribution is 7.49. The average Bonchev–Trinajstić information content (AvgIpc) is 3.25. The van der Waals surface area contributed by atoms with Crippen molar-refractivity contribution in [3.8, 4) is 0 Å². The summed E-state index contributed by atoms with van der Waals surface area (Å²) in [7, 11) is -43.8. The molecule has 0 aromatic carbocycles. The summed E-state index contributed by atoms with van der Waals surface area (Å²) < 4.78 is 196. The molecular weight excluding hydrogens is 1180 g/mol. The molecular formula is C24H58FO37P9. The molecule has 37 nitrogen and oxygen atoms in total. The van der Waals surface area contributed by atoms with Crippen molar-refractivity contribution >= 4 is 70.4 Å². The van der Waals surface area contributed by atoms with Gasteiger partial charge in [0.15, 0.2) is 0 Å². The van der Waals surface area contributed by atoms with Gasteiger partial charge in [0.1, 0.15) is 0 Å². The van der Waals surface area contributed by atoms with Crippen LogP contribution in [0.2, 0.25) is 0 Å². The van der Waals surface area contributed by atoms with Crippen LogP contribution in [0.1, 0.15) is 13.8 Å². The van der Waals surface area contributed by atoms with Crippen LogP contribution in [0.3, 0.4) is 0 Å². The molecule has 0 saturated carbocycles. The second-order valence-corrected chi connectivity index (χ2v) is 26.0. The quantitative estimate of drug-likeness (QED) is 0.0307. The van der Waals surface area contributed by atoms with Crippen LogP contribution in [0, 0.1) is 17.8 Å². The number of rotatable bonds is 47. The monoisotopic (exact) mass is 1240 g/mol. The van der Waals surface area contributed by atoms with Gasteiger partial charge in [-0.05, 0) is 0 Å². The van der Waals surface area contributed by atoms with Crippen molar-refractivity contribution in [1.82, 2.24) is 0 Å². The minimum absolute atomic E-state index is 0.331. The smallest absolute Gasteiger partial charge is 0.396 e. The molecule has 428 valence electrons. The maximum atomic E-state index is 13.5. The number of hydrogen-bond acceptors (Lipinski definition) is 27. The standard InChI is InChI=1S/C24H58FO37P9/c1-22(16-26)17-59-68(38,39)54-11-7-50-64(30,31)46-3-5-48-66(34,35)52-9-13-56-70(42,43)61-20-24(15-25)21-62-71(44,45)57-14-10-53-67(36,37)49-6-4-47-65(32,33)51-8-12-55-69(40,41)60-19-23(2)18-58-63(27,28)29/h22-24,26H,3-21H2,1-2H3,(H,30,31)(H,32,33)(H,34,35)(H,36,37)(H,38,39)(H,40,41)(H,42,43)(H,44,45)(H2,27,28,29). The van der Waals surface area contributed by atoms with E-state index in [1.54, 1.807) is 0 Å². The Balaban J connectivity index is 4.37. The minimum atomic E-state index is -5.05. The second-order valence-electron chi connectivity index (χ2n) is 13.1. The van der Waals surface area contributed by atoms with Gasteiger partial charge in [-0.1, -0.05) is 13.8 Å². The van der Waals surface area contributed by atoms with Gasteiger partial charge in [-0.2, -0.15) is 0 Å². The molecule has 11 atom stereocenters. The summed E-state index contributed by atoms with van der Waals surface area (Å²) in [6.07, 6.45) is 0. The Kier molecular flexibility index (Phi) is 35.1. The van der Waals surface area contributed by atoms with Crippen molar-refractivity contribution in [2.75, 3.05) is 126 Å². The van der Waals surface area contributed by atoms with Gasteiger partial charge in [0.05, 0.1) is 119 Å². The molecule has 47 heteroatoms. The van der Waals surface area contributed by atoms with Gasteiger partial charge in [-0.25, -0.2) is 41.1 Å². The molecule has 0 heterocycles. The van der Waals surface area contributed by atoms with E-state index in [0.29, 0.717) is 0 Å². The molecule has 71 heavy (non-hydrogen) atoms. The molecule has 11 unspecified atom stereocenters. The van der Waals surface area contributed by atoms with Crippen molar-refractivity contribution in [3.63, 3.8) is 0 Å². The van der Waals surface area contributed by atoms with E-state index in [2.05, 4.69) is 76.9 Å². The van der Waals surface area contributed by atoms with Gasteiger partial charge in [-0.3, -0.25) is 81.3 Å². The Bertz CT molecular complexity index is 1960. The number of aliphatic hydroxyl groups excluding tert-OH is 1. The van der Waals surface area contributed by atoms with Gasteiger partial charge in [0, 0.05) is 24.4 Å². The summed E-state index contributed by atoms with van der Waals surface area (Å²) in [6, 6.07) is 0. The highest BCUT2D eigenvalue weighted by Gasteiger charge is 2.31. The number of phosphoric acid groups is 9. The zero-order chi connectivity index (χ0) is 54.7. The molecule has 0 amide bonds. The maximum Gasteiger partial charge on any atom is 0.472 e. The van der Waals surface area contributed by atoms with Crippen molar-refractivity contribution in [2.24, 2.45) is 17.8 Å². The van der Waals surface area contributed by atoms with Gasteiger partial charge < -0.3 is 54.0 Å². The number of aliphatic hydroxyl groups is 1. The highest BCUT2D eigenvalue weighted by atomic mass is 31.2. The number of alkyl halides is 1. The van der Waals surface area contributed by atoms with E-state index in [1.807, 2.05) is 0 Å². The lowest BCUT2D eigenvalue weighted by molar-refractivity contribution is 0.0643. The van der Waals surface area contributed by atoms with Gasteiger partial charge in [-0.15, -0.1) is 0 Å². The molecule has 0 spiro atoms. The first-order chi connectivity index (χ1) is 32.4. The molecule has 0 aromatic heterocycles. The zero-order valence-electron chi connectivity index (χ0n) is 37.1. The molecule has 0 radical (unpaired) electrons. The Morgan fingerprint density at radius 3 is 0.690 bits per heavy atom. The highest BCUT2D eigenvalue weighted by Crippen LogP contribution is 2.50. The molecule has 0 aliphatic heterocycles. The third kappa shape index (κ3) is 42.6. The fraction of sp³-hybridized carbons (Fsp3) is 1.00. The summed E-state index contributed by atoms with van der Waals surface area (Å²) in [5.74, 6) is -2.78. The van der Waals surface area contributed by atoms with E-state index in [4.69, 9.17) is 14.9 Å². The van der Waals surface area contributed by atoms with Crippen molar-refractivity contribution < 1.29 is 176 Å². The Morgan fingerprint density at radius 1 is 0.310 bits per heavy atom. The lowest BCUT2D eigenvalue weighted by atomic mass is 10.2. The van der Waals surface area contributed by atoms with Crippen LogP contribution < -0.4 is 0 Å². The predicted molar refractivity (Wildman–Crippen MR) is 227 cm³/mol. The summed E-state index contributed by atoms with van der Waals surface area (Å²) in [5.41, 5.74) is 0. The van der Waals surface area contributed by atoms with Crippen LogP contribution in [0.15, 0.2) is 0 Å². The van der Waals surface area contributed by atoms with E-state index in [-0.39, 0.29) is 13.2 Å². The minimum Gasteiger partial charge on any atom is -0.396 e. The molecule has 0 aliphatic rings. The van der Waals surface area contributed by atoms with Gasteiger partial charge in [0.2, 0.25) is 0 Å². The third-order valence-corrected chi connectivity index (χ3v) is 15.1. The molecule has 0 aromatic rings. The number of hydrogen-bond donors (Lipinski definition) is 11. The zero-order valence-corrected chi connectivity index (χ0v) is 45.2. The van der Waals surface area contributed by atoms with Crippen LogP contribution >= 0.6 is 70.4 Å². The summed E-state index contributed by atoms with van der Waals surface area (Å²) >= 11 is 0. The Labute approximate surface area is 403 Å². The molecule has 11 N–H and O–H groups in total. The van der Waals surface area contributed by atoms with Crippen molar-refractivity contribution in [2.45, 2.75) is 13.8 Å². The first kappa shape index (κ1) is 71.9. The molecule has 0 aliphatic carbocycles. The van der Waals surface area contributed by atoms with E-state index in [0.717, 1.165) is 0 Å². The lowest BCUT2D eigenvalue weighted by Crippen LogP contribution is -2.18. The first-order valence-electron chi connectivity index (χ1n) is 19.3. The summed E-state index contributed by atoms with van der Waals surface area (Å²) in [4.78, 5) is 94.6. The van der Waals surface area contributed by atoms with Crippen LogP contribution in [0.25, 0.3) is 0 Å². The van der Waals surface area contributed by atoms with E-state index < -0.39 is 201 Å². The van der Waals surface area contributed by atoms with Gasteiger partial charge >= 0.3 is 70.4 Å². The maximum absolute atomic E-state index is 13.5. The number of halogens is 1. The summed E-state index contributed by atoms with van der Waals surface area (Å²) in [5, 5.41) is 8.88. The average molecular weight is 1240 g/mol. The van der Waals surface area contributed by atoms with Crippen LogP contribution in [0.5, 0.6) is 0 Å². The second kappa shape index (κ2) is 34.7. The van der Waals surface area contributed by atoms with Crippen LogP contribution in [-0.4, -0.2) is 180 Å². The largest absolute Gasteiger partial charge is 0.472 e. The molecule has 0 bridgehead atoms. The van der Waals surface area contributed by atoms with E-state index in [1.165, 1.54) is 13.8 Å². The normalized spacial score (nSPS) is 20.7. The number of phosphoric ester groups is 9. The lowest BCUT2D eigenvalue weighted by Gasteiger charge is -2.19. The fourth-order valence-corrected chi connectivity index (χ4v) is 9.83. The molecule has 0 fully saturated rings. The van der Waals surface area contributed by atoms with Gasteiger partial charge in [0.25, 0.3) is 0 Å². The van der Waals surface area contributed by atoms with Crippen LogP contribution in [0.4, 0.5) is 4.39 Å². The fourth-order valence-electron chi connectivity index (χ4n) is 3.43. The third-order valence-electron chi connectivity index (χ3n) is 6.60. The topological polar surface area (TPSA) is 533 Å². The van der Waals surface area contributed by atoms with Crippen molar-refractivity contribution in [3.05, 3.63) is 0 Å². The first-order valence-corrected chi connectivity index (χ1v) is 32.7. The molecule has 0 rings (SSSR count). The Hall–Kier alpha value is 0.880. The van der Waals surface area contributed by atoms with Crippen LogP contribution in [-0.2, 0) is 118 Å². The summed E-state index contributed by atoms with van der Waals surface area (Å²) in [6.45, 7) is -12.5. The van der Waals surface area contributed by atoms with E-state index >= 15 is 0 Å². The molecule has 0 saturated heterocycles. The Morgan fingerprint density at radius 2 is 0.493 bits per heavy atom. The SMILES string of the molecule is CC(CO)COP(=O)(O)OCCOP(=O)(O)OCCOP(=O)(O)OCCOP(=O)(O)OCC(CF)COP(=O)(O)OCCOP(=O)(O)OCCOP(=O)(O)OCCOP(=O)(O)OCC(C)COP(=O)(O)O. The predicted octanol–water partition coefficient (Wildman–Crippen LogP) is 2.01. The van der Waals surface area contributed by atoms with E-state index in [9.17, 15) is 84.6 Å².